The van der Waals surface area contributed by atoms with Gasteiger partial charge >= 0.3 is 0 Å². The molecule has 0 radical (unpaired) electrons. The molecule has 0 aliphatic rings. The lowest BCUT2D eigenvalue weighted by molar-refractivity contribution is 0.505. The van der Waals surface area contributed by atoms with Crippen LogP contribution in [0.2, 0.25) is 0 Å². The predicted octanol–water partition coefficient (Wildman–Crippen LogP) is 2.39. The van der Waals surface area contributed by atoms with E-state index in [1.165, 1.54) is 0 Å². The first kappa shape index (κ1) is 14.0. The van der Waals surface area contributed by atoms with Gasteiger partial charge in [0.05, 0.1) is 0 Å². The Bertz CT molecular complexity index is 382. The predicted molar refractivity (Wildman–Crippen MR) is 72.2 cm³/mol. The van der Waals surface area contributed by atoms with Crippen LogP contribution < -0.4 is 10.9 Å². The average Bonchev–Trinajstić information content (AvgIpc) is 2.30. The monoisotopic (exact) mass is 236 g/mol. The zero-order valence-corrected chi connectivity index (χ0v) is 11.2. The van der Waals surface area contributed by atoms with Crippen molar-refractivity contribution in [2.75, 3.05) is 6.54 Å². The summed E-state index contributed by atoms with van der Waals surface area (Å²) in [5.41, 5.74) is 1.02. The van der Waals surface area contributed by atoms with E-state index >= 15 is 0 Å². The van der Waals surface area contributed by atoms with Gasteiger partial charge in [-0.05, 0) is 31.4 Å². The van der Waals surface area contributed by atoms with Crippen molar-refractivity contribution in [3.05, 3.63) is 34.2 Å². The molecule has 3 heteroatoms. The van der Waals surface area contributed by atoms with Gasteiger partial charge in [-0.1, -0.05) is 26.8 Å². The Morgan fingerprint density at radius 3 is 2.82 bits per heavy atom. The van der Waals surface area contributed by atoms with E-state index in [0.717, 1.165) is 31.5 Å². The Balaban J connectivity index is 2.66. The second kappa shape index (κ2) is 7.28. The molecular weight excluding hydrogens is 212 g/mol. The van der Waals surface area contributed by atoms with E-state index in [4.69, 9.17) is 0 Å². The second-order valence-electron chi connectivity index (χ2n) is 4.89. The van der Waals surface area contributed by atoms with E-state index in [2.05, 4.69) is 26.1 Å². The van der Waals surface area contributed by atoms with E-state index < -0.39 is 0 Å². The molecule has 0 saturated heterocycles. The van der Waals surface area contributed by atoms with E-state index in [9.17, 15) is 4.79 Å². The van der Waals surface area contributed by atoms with Crippen LogP contribution in [0.25, 0.3) is 0 Å². The van der Waals surface area contributed by atoms with Crippen molar-refractivity contribution in [1.29, 1.82) is 0 Å². The number of nitrogens with zero attached hydrogens (tertiary/aromatic N) is 1. The summed E-state index contributed by atoms with van der Waals surface area (Å²) >= 11 is 0. The highest BCUT2D eigenvalue weighted by atomic mass is 16.1. The number of pyridine rings is 1. The first-order valence-electron chi connectivity index (χ1n) is 6.54. The van der Waals surface area contributed by atoms with Crippen LogP contribution in [-0.4, -0.2) is 11.1 Å². The van der Waals surface area contributed by atoms with Gasteiger partial charge in [0.15, 0.2) is 0 Å². The first-order valence-corrected chi connectivity index (χ1v) is 6.54. The molecule has 0 amide bonds. The molecule has 1 heterocycles. The molecule has 0 fully saturated rings. The lowest BCUT2D eigenvalue weighted by Gasteiger charge is -2.10. The third-order valence-corrected chi connectivity index (χ3v) is 2.79. The van der Waals surface area contributed by atoms with Gasteiger partial charge in [0.2, 0.25) is 0 Å². The van der Waals surface area contributed by atoms with Crippen LogP contribution in [0.15, 0.2) is 23.1 Å². The zero-order chi connectivity index (χ0) is 12.7. The van der Waals surface area contributed by atoms with Crippen LogP contribution in [0.1, 0.15) is 39.2 Å². The maximum Gasteiger partial charge on any atom is 0.255 e. The fourth-order valence-electron chi connectivity index (χ4n) is 1.69. The minimum Gasteiger partial charge on any atom is -0.315 e. The molecule has 1 N–H and O–H groups in total. The Hall–Kier alpha value is -1.09. The molecule has 1 aromatic heterocycles. The van der Waals surface area contributed by atoms with Crippen molar-refractivity contribution in [1.82, 2.24) is 9.88 Å². The molecule has 3 nitrogen and oxygen atoms in total. The van der Waals surface area contributed by atoms with E-state index in [1.54, 1.807) is 0 Å². The van der Waals surface area contributed by atoms with Gasteiger partial charge in [0.25, 0.3) is 5.56 Å². The fourth-order valence-corrected chi connectivity index (χ4v) is 1.69. The number of nitrogens with one attached hydrogen (secondary N) is 1. The van der Waals surface area contributed by atoms with Gasteiger partial charge in [0, 0.05) is 24.8 Å². The normalized spacial score (nSPS) is 11.1. The maximum atomic E-state index is 12.1. The molecule has 0 unspecified atom stereocenters. The first-order chi connectivity index (χ1) is 8.15. The SMILES string of the molecule is CCCNCc1cccn(CCC(C)C)c1=O. The summed E-state index contributed by atoms with van der Waals surface area (Å²) in [6, 6.07) is 3.88. The van der Waals surface area contributed by atoms with Crippen molar-refractivity contribution < 1.29 is 0 Å². The van der Waals surface area contributed by atoms with Gasteiger partial charge in [0.1, 0.15) is 0 Å². The summed E-state index contributed by atoms with van der Waals surface area (Å²) in [6.45, 7) is 8.93. The van der Waals surface area contributed by atoms with Gasteiger partial charge in [-0.15, -0.1) is 0 Å². The van der Waals surface area contributed by atoms with Crippen LogP contribution in [0.5, 0.6) is 0 Å². The van der Waals surface area contributed by atoms with Crippen LogP contribution in [-0.2, 0) is 13.1 Å². The fraction of sp³-hybridized carbons (Fsp3) is 0.643. The molecule has 0 spiro atoms. The number of aryl methyl sites for hydroxylation is 1. The summed E-state index contributed by atoms with van der Waals surface area (Å²) in [5.74, 6) is 0.628. The minimum atomic E-state index is 0.150. The lowest BCUT2D eigenvalue weighted by atomic mass is 10.1. The summed E-state index contributed by atoms with van der Waals surface area (Å²) in [6.07, 6.45) is 4.02. The largest absolute Gasteiger partial charge is 0.315 e. The van der Waals surface area contributed by atoms with Crippen LogP contribution >= 0.6 is 0 Å². The molecule has 96 valence electrons. The minimum absolute atomic E-state index is 0.150. The quantitative estimate of drug-likeness (QED) is 0.738. The molecule has 1 rings (SSSR count). The van der Waals surface area contributed by atoms with Gasteiger partial charge < -0.3 is 9.88 Å². The Morgan fingerprint density at radius 1 is 1.41 bits per heavy atom. The maximum absolute atomic E-state index is 12.1. The number of hydrogen-bond donors (Lipinski definition) is 1. The lowest BCUT2D eigenvalue weighted by Crippen LogP contribution is -2.27. The highest BCUT2D eigenvalue weighted by Crippen LogP contribution is 2.01. The Kier molecular flexibility index (Phi) is 5.98. The van der Waals surface area contributed by atoms with Crippen molar-refractivity contribution in [2.24, 2.45) is 5.92 Å². The van der Waals surface area contributed by atoms with E-state index in [-0.39, 0.29) is 5.56 Å². The molecule has 0 bridgehead atoms. The van der Waals surface area contributed by atoms with E-state index in [1.807, 2.05) is 22.9 Å². The Morgan fingerprint density at radius 2 is 2.18 bits per heavy atom. The summed E-state index contributed by atoms with van der Waals surface area (Å²) in [5, 5.41) is 3.27. The van der Waals surface area contributed by atoms with Gasteiger partial charge in [-0.25, -0.2) is 0 Å². The Labute approximate surface area is 104 Å². The third kappa shape index (κ3) is 4.73. The molecule has 0 aliphatic carbocycles. The standard InChI is InChI=1S/C14H24N2O/c1-4-8-15-11-13-6-5-9-16(14(13)17)10-7-12(2)3/h5-6,9,12,15H,4,7-8,10-11H2,1-3H3. The highest BCUT2D eigenvalue weighted by Gasteiger charge is 2.03. The molecule has 0 aliphatic heterocycles. The molecule has 0 atom stereocenters. The smallest absolute Gasteiger partial charge is 0.255 e. The van der Waals surface area contributed by atoms with Gasteiger partial charge in [-0.3, -0.25) is 4.79 Å². The summed E-state index contributed by atoms with van der Waals surface area (Å²) in [4.78, 5) is 12.1. The second-order valence-corrected chi connectivity index (χ2v) is 4.89. The molecule has 1 aromatic rings. The van der Waals surface area contributed by atoms with Crippen LogP contribution in [0.3, 0.4) is 0 Å². The molecule has 17 heavy (non-hydrogen) atoms. The third-order valence-electron chi connectivity index (χ3n) is 2.79. The van der Waals surface area contributed by atoms with Crippen molar-refractivity contribution in [3.63, 3.8) is 0 Å². The van der Waals surface area contributed by atoms with Crippen molar-refractivity contribution in [2.45, 2.75) is 46.7 Å². The van der Waals surface area contributed by atoms with Crippen LogP contribution in [0, 0.1) is 5.92 Å². The van der Waals surface area contributed by atoms with Crippen LogP contribution in [0.4, 0.5) is 0 Å². The van der Waals surface area contributed by atoms with E-state index in [0.29, 0.717) is 12.5 Å². The topological polar surface area (TPSA) is 34.0 Å². The number of rotatable bonds is 7. The molecule has 0 aromatic carbocycles. The molecule has 0 saturated carbocycles. The number of aromatic nitrogens is 1. The summed E-state index contributed by atoms with van der Waals surface area (Å²) < 4.78 is 1.82. The average molecular weight is 236 g/mol. The molecular formula is C14H24N2O. The van der Waals surface area contributed by atoms with Crippen molar-refractivity contribution in [3.8, 4) is 0 Å². The summed E-state index contributed by atoms with van der Waals surface area (Å²) in [7, 11) is 0. The van der Waals surface area contributed by atoms with Gasteiger partial charge in [-0.2, -0.15) is 0 Å². The highest BCUT2D eigenvalue weighted by molar-refractivity contribution is 5.10. The zero-order valence-electron chi connectivity index (χ0n) is 11.2. The number of hydrogen-bond acceptors (Lipinski definition) is 2. The van der Waals surface area contributed by atoms with Crippen molar-refractivity contribution >= 4 is 0 Å².